The molecule has 2 aliphatic rings. The van der Waals surface area contributed by atoms with Crippen molar-refractivity contribution in [2.75, 3.05) is 13.2 Å². The van der Waals surface area contributed by atoms with E-state index in [2.05, 4.69) is 26.5 Å². The second-order valence-electron chi connectivity index (χ2n) is 8.51. The molecule has 9 nitrogen and oxygen atoms in total. The smallest absolute Gasteiger partial charge is 0.280 e. The van der Waals surface area contributed by atoms with Crippen molar-refractivity contribution >= 4 is 5.91 Å². The predicted octanol–water partition coefficient (Wildman–Crippen LogP) is 2.48. The van der Waals surface area contributed by atoms with Crippen molar-refractivity contribution in [3.8, 4) is 23.0 Å². The Hall–Kier alpha value is -3.85. The fourth-order valence-corrected chi connectivity index (χ4v) is 5.10. The minimum atomic E-state index is -0.0386. The van der Waals surface area contributed by atoms with E-state index in [1.54, 1.807) is 15.8 Å². The van der Waals surface area contributed by atoms with Crippen molar-refractivity contribution in [2.24, 2.45) is 5.92 Å². The molecule has 0 unspecified atom stereocenters. The summed E-state index contributed by atoms with van der Waals surface area (Å²) in [4.78, 5) is 18.8. The van der Waals surface area contributed by atoms with Crippen LogP contribution in [0.2, 0.25) is 0 Å². The lowest BCUT2D eigenvalue weighted by Gasteiger charge is -2.24. The summed E-state index contributed by atoms with van der Waals surface area (Å²) < 4.78 is 7.26. The van der Waals surface area contributed by atoms with Crippen LogP contribution in [-0.2, 0) is 17.8 Å². The molecule has 0 radical (unpaired) electrons. The number of hydrogen-bond acceptors (Lipinski definition) is 7. The highest BCUT2D eigenvalue weighted by Gasteiger charge is 2.46. The fourth-order valence-electron chi connectivity index (χ4n) is 5.10. The standard InChI is InChI=1S/C24H22N6O3/c31-10-9-30-21(32)12-16-11-19-17(22(16)30)7-4-8-18(19)23-25-24(33-27-23)20-14-29(28-26-20)13-15-5-2-1-3-6-15/h1-8,14,16,22,31H,9-13H2/t16-,22+/m0/s1. The molecule has 2 aromatic heterocycles. The lowest BCUT2D eigenvalue weighted by molar-refractivity contribution is -0.129. The van der Waals surface area contributed by atoms with Gasteiger partial charge in [0.1, 0.15) is 0 Å². The van der Waals surface area contributed by atoms with Gasteiger partial charge in [-0.05, 0) is 29.0 Å². The highest BCUT2D eigenvalue weighted by atomic mass is 16.5. The van der Waals surface area contributed by atoms with Gasteiger partial charge < -0.3 is 14.5 Å². The summed E-state index contributed by atoms with van der Waals surface area (Å²) in [5.41, 5.74) is 4.80. The average Bonchev–Trinajstić information content (AvgIpc) is 3.60. The molecular formula is C24H22N6O3. The van der Waals surface area contributed by atoms with Crippen molar-refractivity contribution in [3.63, 3.8) is 0 Å². The summed E-state index contributed by atoms with van der Waals surface area (Å²) in [7, 11) is 0. The molecule has 0 bridgehead atoms. The van der Waals surface area contributed by atoms with Crippen LogP contribution < -0.4 is 0 Å². The number of nitrogens with zero attached hydrogens (tertiary/aromatic N) is 6. The zero-order valence-electron chi connectivity index (χ0n) is 17.8. The Morgan fingerprint density at radius 2 is 1.97 bits per heavy atom. The number of amides is 1. The third-order valence-corrected chi connectivity index (χ3v) is 6.49. The van der Waals surface area contributed by atoms with Crippen molar-refractivity contribution in [2.45, 2.75) is 25.4 Å². The Labute approximate surface area is 189 Å². The van der Waals surface area contributed by atoms with Crippen LogP contribution in [0.4, 0.5) is 0 Å². The molecule has 1 amide bonds. The van der Waals surface area contributed by atoms with Gasteiger partial charge in [-0.2, -0.15) is 4.98 Å². The number of hydrogen-bond donors (Lipinski definition) is 1. The van der Waals surface area contributed by atoms with Crippen LogP contribution in [0, 0.1) is 5.92 Å². The topological polar surface area (TPSA) is 110 Å². The maximum atomic E-state index is 12.4. The SMILES string of the molecule is O=C1C[C@@H]2Cc3c(-c4noc(-c5cn(Cc6ccccc6)nn5)n4)cccc3[C@@H]2N1CCO. The summed E-state index contributed by atoms with van der Waals surface area (Å²) in [6.07, 6.45) is 3.07. The largest absolute Gasteiger partial charge is 0.395 e. The Bertz CT molecular complexity index is 1310. The van der Waals surface area contributed by atoms with Crippen LogP contribution in [0.15, 0.2) is 59.3 Å². The van der Waals surface area contributed by atoms with E-state index in [4.69, 9.17) is 4.52 Å². The molecule has 9 heteroatoms. The number of likely N-dealkylation sites (tertiary alicyclic amines) is 1. The molecule has 1 saturated heterocycles. The summed E-state index contributed by atoms with van der Waals surface area (Å²) in [5, 5.41) is 22.0. The van der Waals surface area contributed by atoms with Gasteiger partial charge in [0.25, 0.3) is 5.89 Å². The third kappa shape index (κ3) is 3.41. The number of aliphatic hydroxyl groups excluding tert-OH is 1. The number of fused-ring (bicyclic) bond motifs is 3. The van der Waals surface area contributed by atoms with Crippen LogP contribution in [-0.4, -0.2) is 54.2 Å². The number of rotatable bonds is 6. The van der Waals surface area contributed by atoms with E-state index in [0.717, 1.165) is 28.7 Å². The van der Waals surface area contributed by atoms with Gasteiger partial charge in [0.15, 0.2) is 5.69 Å². The van der Waals surface area contributed by atoms with E-state index in [0.29, 0.717) is 36.9 Å². The van der Waals surface area contributed by atoms with E-state index < -0.39 is 0 Å². The van der Waals surface area contributed by atoms with Crippen LogP contribution >= 0.6 is 0 Å². The second-order valence-corrected chi connectivity index (χ2v) is 8.51. The van der Waals surface area contributed by atoms with Gasteiger partial charge in [-0.15, -0.1) is 5.10 Å². The molecule has 1 aliphatic heterocycles. The fraction of sp³-hybridized carbons (Fsp3) is 0.292. The van der Waals surface area contributed by atoms with Crippen molar-refractivity contribution in [1.29, 1.82) is 0 Å². The molecule has 0 spiro atoms. The minimum Gasteiger partial charge on any atom is -0.395 e. The van der Waals surface area contributed by atoms with E-state index in [1.165, 1.54) is 0 Å². The van der Waals surface area contributed by atoms with Gasteiger partial charge in [0.2, 0.25) is 11.7 Å². The number of aliphatic hydroxyl groups is 1. The lowest BCUT2D eigenvalue weighted by Crippen LogP contribution is -2.30. The highest BCUT2D eigenvalue weighted by Crippen LogP contribution is 2.49. The van der Waals surface area contributed by atoms with Crippen molar-refractivity contribution in [3.05, 3.63) is 71.4 Å². The molecule has 33 heavy (non-hydrogen) atoms. The van der Waals surface area contributed by atoms with Crippen LogP contribution in [0.5, 0.6) is 0 Å². The molecule has 2 atom stereocenters. The molecule has 1 aliphatic carbocycles. The number of aromatic nitrogens is 5. The van der Waals surface area contributed by atoms with Crippen LogP contribution in [0.3, 0.4) is 0 Å². The number of carbonyl (C=O) groups is 1. The first-order valence-electron chi connectivity index (χ1n) is 11.0. The van der Waals surface area contributed by atoms with Crippen LogP contribution in [0.1, 0.15) is 29.2 Å². The normalized spacial score (nSPS) is 19.2. The number of carbonyl (C=O) groups excluding carboxylic acids is 1. The Morgan fingerprint density at radius 3 is 2.82 bits per heavy atom. The van der Waals surface area contributed by atoms with Gasteiger partial charge in [-0.3, -0.25) is 4.79 Å². The lowest BCUT2D eigenvalue weighted by atomic mass is 10.0. The minimum absolute atomic E-state index is 0.00357. The monoisotopic (exact) mass is 442 g/mol. The first kappa shape index (κ1) is 19.8. The summed E-state index contributed by atoms with van der Waals surface area (Å²) >= 11 is 0. The molecular weight excluding hydrogens is 420 g/mol. The summed E-state index contributed by atoms with van der Waals surface area (Å²) in [5.74, 6) is 1.14. The van der Waals surface area contributed by atoms with E-state index >= 15 is 0 Å². The van der Waals surface area contributed by atoms with Crippen molar-refractivity contribution in [1.82, 2.24) is 30.0 Å². The first-order valence-corrected chi connectivity index (χ1v) is 11.0. The Morgan fingerprint density at radius 1 is 1.09 bits per heavy atom. The van der Waals surface area contributed by atoms with Gasteiger partial charge in [0.05, 0.1) is 25.4 Å². The molecule has 3 heterocycles. The maximum Gasteiger partial charge on any atom is 0.280 e. The average molecular weight is 442 g/mol. The third-order valence-electron chi connectivity index (χ3n) is 6.49. The molecule has 166 valence electrons. The maximum absolute atomic E-state index is 12.4. The highest BCUT2D eigenvalue weighted by molar-refractivity contribution is 5.81. The molecule has 6 rings (SSSR count). The zero-order chi connectivity index (χ0) is 22.4. The van der Waals surface area contributed by atoms with Crippen molar-refractivity contribution < 1.29 is 14.4 Å². The predicted molar refractivity (Wildman–Crippen MR) is 118 cm³/mol. The van der Waals surface area contributed by atoms with Crippen LogP contribution in [0.25, 0.3) is 23.0 Å². The van der Waals surface area contributed by atoms with Gasteiger partial charge in [0, 0.05) is 18.5 Å². The zero-order valence-corrected chi connectivity index (χ0v) is 17.8. The summed E-state index contributed by atoms with van der Waals surface area (Å²) in [6.45, 7) is 0.921. The second kappa shape index (κ2) is 7.93. The molecule has 2 aromatic carbocycles. The van der Waals surface area contributed by atoms with Gasteiger partial charge in [-0.25, -0.2) is 4.68 Å². The number of β-amino-alcohol motifs (C(OH)–C–C–N with tert-alkyl or cyclic N) is 1. The Kier molecular flexibility index (Phi) is 4.76. The van der Waals surface area contributed by atoms with Gasteiger partial charge >= 0.3 is 0 Å². The summed E-state index contributed by atoms with van der Waals surface area (Å²) in [6, 6.07) is 16.0. The molecule has 4 aromatic rings. The quantitative estimate of drug-likeness (QED) is 0.488. The Balaban J connectivity index is 1.28. The van der Waals surface area contributed by atoms with Gasteiger partial charge in [-0.1, -0.05) is 58.9 Å². The first-order chi connectivity index (χ1) is 16.2. The number of benzene rings is 2. The molecule has 1 fully saturated rings. The molecule has 0 saturated carbocycles. The van der Waals surface area contributed by atoms with E-state index in [9.17, 15) is 9.90 Å². The van der Waals surface area contributed by atoms with E-state index in [1.807, 2.05) is 42.5 Å². The van der Waals surface area contributed by atoms with E-state index in [-0.39, 0.29) is 24.5 Å². The molecule has 1 N–H and O–H groups in total.